The first-order valence-corrected chi connectivity index (χ1v) is 5.16. The van der Waals surface area contributed by atoms with Crippen LogP contribution in [0.2, 0.25) is 0 Å². The van der Waals surface area contributed by atoms with Crippen molar-refractivity contribution in [3.8, 4) is 11.1 Å². The molecule has 16 heavy (non-hydrogen) atoms. The summed E-state index contributed by atoms with van der Waals surface area (Å²) in [5.74, 6) is 0. The first kappa shape index (κ1) is 13.5. The van der Waals surface area contributed by atoms with Crippen LogP contribution in [0, 0.1) is 20.8 Å². The molecule has 0 unspecified atom stereocenters. The fraction of sp³-hybridized carbons (Fsp3) is 0.133. The van der Waals surface area contributed by atoms with Gasteiger partial charge >= 0.3 is 0 Å². The summed E-state index contributed by atoms with van der Waals surface area (Å²) >= 11 is 0. The summed E-state index contributed by atoms with van der Waals surface area (Å²) in [6.07, 6.45) is 0. The van der Waals surface area contributed by atoms with E-state index in [0.717, 1.165) is 5.56 Å². The van der Waals surface area contributed by atoms with Crippen molar-refractivity contribution in [1.29, 1.82) is 0 Å². The van der Waals surface area contributed by atoms with Gasteiger partial charge in [0.25, 0.3) is 0 Å². The summed E-state index contributed by atoms with van der Waals surface area (Å²) in [4.78, 5) is 0. The van der Waals surface area contributed by atoms with Crippen molar-refractivity contribution in [2.75, 3.05) is 0 Å². The van der Waals surface area contributed by atoms with E-state index in [0.29, 0.717) is 0 Å². The van der Waals surface area contributed by atoms with Gasteiger partial charge in [0.1, 0.15) is 0 Å². The molecule has 0 nitrogen and oxygen atoms in total. The van der Waals surface area contributed by atoms with E-state index >= 15 is 0 Å². The molecule has 2 aromatic rings. The standard InChI is InChI=1S/C15H15.Y/c1-11-5-8-14(9-6-11)15-10-12(2)4-7-13(15)3;/h4-10H,1H2,2-3H3;/q-1;. The molecule has 0 aliphatic heterocycles. The van der Waals surface area contributed by atoms with Crippen LogP contribution < -0.4 is 0 Å². The van der Waals surface area contributed by atoms with Gasteiger partial charge in [0, 0.05) is 32.7 Å². The smallest absolute Gasteiger partial charge is 0 e. The van der Waals surface area contributed by atoms with Crippen molar-refractivity contribution in [1.82, 2.24) is 0 Å². The molecule has 0 aliphatic rings. The molecule has 0 spiro atoms. The van der Waals surface area contributed by atoms with Crippen LogP contribution in [0.1, 0.15) is 16.7 Å². The number of hydrogen-bond donors (Lipinski definition) is 0. The zero-order valence-electron chi connectivity index (χ0n) is 9.83. The van der Waals surface area contributed by atoms with Gasteiger partial charge in [-0.3, -0.25) is 0 Å². The summed E-state index contributed by atoms with van der Waals surface area (Å²) in [5.41, 5.74) is 6.26. The molecule has 0 saturated carbocycles. The van der Waals surface area contributed by atoms with E-state index < -0.39 is 0 Å². The van der Waals surface area contributed by atoms with Gasteiger partial charge in [-0.2, -0.15) is 24.6 Å². The van der Waals surface area contributed by atoms with Crippen molar-refractivity contribution < 1.29 is 32.7 Å². The monoisotopic (exact) mass is 284 g/mol. The minimum atomic E-state index is 0. The Hall–Kier alpha value is -0.586. The van der Waals surface area contributed by atoms with Gasteiger partial charge in [-0.15, -0.1) is 12.1 Å². The molecule has 1 heteroatoms. The second-order valence-electron chi connectivity index (χ2n) is 4.02. The van der Waals surface area contributed by atoms with Crippen molar-refractivity contribution >= 4 is 0 Å². The van der Waals surface area contributed by atoms with Gasteiger partial charge in [-0.05, 0) is 30.5 Å². The zero-order chi connectivity index (χ0) is 10.8. The fourth-order valence-electron chi connectivity index (χ4n) is 1.73. The number of rotatable bonds is 1. The van der Waals surface area contributed by atoms with E-state index in [1.165, 1.54) is 22.3 Å². The summed E-state index contributed by atoms with van der Waals surface area (Å²) in [5, 5.41) is 0. The summed E-state index contributed by atoms with van der Waals surface area (Å²) in [6.45, 7) is 8.16. The van der Waals surface area contributed by atoms with E-state index in [4.69, 9.17) is 0 Å². The average molecular weight is 284 g/mol. The van der Waals surface area contributed by atoms with Gasteiger partial charge in [0.2, 0.25) is 0 Å². The van der Waals surface area contributed by atoms with Crippen molar-refractivity contribution in [3.05, 3.63) is 66.1 Å². The number of benzene rings is 2. The minimum Gasteiger partial charge on any atom is -0.199 e. The molecule has 0 saturated heterocycles. The van der Waals surface area contributed by atoms with Crippen LogP contribution in [0.25, 0.3) is 11.1 Å². The van der Waals surface area contributed by atoms with Gasteiger partial charge in [0.15, 0.2) is 0 Å². The van der Waals surface area contributed by atoms with Crippen LogP contribution in [0.4, 0.5) is 0 Å². The Labute approximate surface area is 123 Å². The summed E-state index contributed by atoms with van der Waals surface area (Å²) in [7, 11) is 0. The van der Waals surface area contributed by atoms with E-state index in [1.54, 1.807) is 0 Å². The third-order valence-corrected chi connectivity index (χ3v) is 2.66. The Morgan fingerprint density at radius 1 is 0.875 bits per heavy atom. The maximum absolute atomic E-state index is 3.90. The van der Waals surface area contributed by atoms with Crippen LogP contribution in [0.3, 0.4) is 0 Å². The fourth-order valence-corrected chi connectivity index (χ4v) is 1.73. The Morgan fingerprint density at radius 3 is 2.12 bits per heavy atom. The van der Waals surface area contributed by atoms with E-state index in [9.17, 15) is 0 Å². The maximum atomic E-state index is 3.90. The summed E-state index contributed by atoms with van der Waals surface area (Å²) in [6, 6.07) is 14.9. The van der Waals surface area contributed by atoms with Crippen LogP contribution >= 0.6 is 0 Å². The second kappa shape index (κ2) is 5.66. The van der Waals surface area contributed by atoms with Crippen LogP contribution in [-0.2, 0) is 32.7 Å². The molecule has 0 bridgehead atoms. The first-order valence-electron chi connectivity index (χ1n) is 5.16. The predicted molar refractivity (Wildman–Crippen MR) is 65.8 cm³/mol. The average Bonchev–Trinajstić information content (AvgIpc) is 2.23. The predicted octanol–water partition coefficient (Wildman–Crippen LogP) is 4.15. The Kier molecular flexibility index (Phi) is 4.76. The molecule has 2 rings (SSSR count). The molecular weight excluding hydrogens is 269 g/mol. The Morgan fingerprint density at radius 2 is 1.50 bits per heavy atom. The van der Waals surface area contributed by atoms with Gasteiger partial charge < -0.3 is 0 Å². The quantitative estimate of drug-likeness (QED) is 0.690. The van der Waals surface area contributed by atoms with Crippen molar-refractivity contribution in [2.45, 2.75) is 13.8 Å². The molecule has 0 atom stereocenters. The van der Waals surface area contributed by atoms with Crippen molar-refractivity contribution in [2.24, 2.45) is 0 Å². The molecule has 1 radical (unpaired) electrons. The van der Waals surface area contributed by atoms with Gasteiger partial charge in [0.05, 0.1) is 0 Å². The molecule has 2 aromatic carbocycles. The third kappa shape index (κ3) is 2.96. The van der Waals surface area contributed by atoms with Gasteiger partial charge in [-0.25, -0.2) is 0 Å². The third-order valence-electron chi connectivity index (χ3n) is 2.66. The summed E-state index contributed by atoms with van der Waals surface area (Å²) < 4.78 is 0. The van der Waals surface area contributed by atoms with E-state index in [-0.39, 0.29) is 32.7 Å². The first-order chi connectivity index (χ1) is 7.16. The van der Waals surface area contributed by atoms with Crippen molar-refractivity contribution in [3.63, 3.8) is 0 Å². The van der Waals surface area contributed by atoms with Crippen LogP contribution in [0.15, 0.2) is 42.5 Å². The van der Waals surface area contributed by atoms with E-state index in [2.05, 4.69) is 63.2 Å². The molecule has 0 aliphatic carbocycles. The Bertz CT molecular complexity index is 469. The van der Waals surface area contributed by atoms with Crippen LogP contribution in [-0.4, -0.2) is 0 Å². The Balaban J connectivity index is 0.00000128. The number of aryl methyl sites for hydroxylation is 2. The normalized spacial score (nSPS) is 9.62. The topological polar surface area (TPSA) is 0 Å². The van der Waals surface area contributed by atoms with E-state index in [1.807, 2.05) is 0 Å². The van der Waals surface area contributed by atoms with Crippen LogP contribution in [0.5, 0.6) is 0 Å². The molecule has 0 aromatic heterocycles. The number of hydrogen-bond acceptors (Lipinski definition) is 0. The largest absolute Gasteiger partial charge is 0.199 e. The molecule has 0 fully saturated rings. The minimum absolute atomic E-state index is 0. The SMILES string of the molecule is [CH2-]c1ccc(-c2cc(C)ccc2C)cc1.[Y]. The van der Waals surface area contributed by atoms with Gasteiger partial charge in [-0.1, -0.05) is 23.8 Å². The zero-order valence-corrected chi connectivity index (χ0v) is 12.7. The molecular formula is C15H15Y-. The maximum Gasteiger partial charge on any atom is 0 e. The molecule has 79 valence electrons. The molecule has 0 N–H and O–H groups in total. The second-order valence-corrected chi connectivity index (χ2v) is 4.02. The molecule has 0 heterocycles. The molecule has 0 amide bonds.